The Morgan fingerprint density at radius 3 is 1.84 bits per heavy atom. The molecule has 0 bridgehead atoms. The molecule has 1 fully saturated rings. The number of hydrogen-bond donors (Lipinski definition) is 0. The number of rotatable bonds is 20. The summed E-state index contributed by atoms with van der Waals surface area (Å²) in [6.45, 7) is 15.2. The van der Waals surface area contributed by atoms with Crippen LogP contribution < -0.4 is 0 Å². The van der Waals surface area contributed by atoms with Gasteiger partial charge in [-0.05, 0) is 80.6 Å². The normalized spacial score (nSPS) is 18.0. The number of nitrogens with zero attached hydrogens (tertiary/aromatic N) is 2. The SMILES string of the molecule is CC(=O)CCCCC(=O)CN(CC(=O)CCCCC(=O)N1C[C@@H](OC(C)C)C[C@H]1COC(C)C)C(C)C. The molecule has 37 heavy (non-hydrogen) atoms. The largest absolute Gasteiger partial charge is 0.377 e. The fourth-order valence-corrected chi connectivity index (χ4v) is 4.59. The number of ether oxygens (including phenoxy) is 2. The molecule has 0 radical (unpaired) electrons. The second-order valence-electron chi connectivity index (χ2n) is 11.3. The Bertz CT molecular complexity index is 721. The molecule has 0 unspecified atom stereocenters. The van der Waals surface area contributed by atoms with Crippen LogP contribution in [-0.4, -0.2) is 89.7 Å². The Balaban J connectivity index is 2.42. The highest BCUT2D eigenvalue weighted by Gasteiger charge is 2.36. The van der Waals surface area contributed by atoms with E-state index in [4.69, 9.17) is 9.47 Å². The van der Waals surface area contributed by atoms with E-state index in [2.05, 4.69) is 0 Å². The Kier molecular flexibility index (Phi) is 16.1. The van der Waals surface area contributed by atoms with Crippen LogP contribution in [0, 0.1) is 0 Å². The van der Waals surface area contributed by atoms with Gasteiger partial charge in [0.1, 0.15) is 17.3 Å². The third-order valence-electron chi connectivity index (χ3n) is 6.60. The van der Waals surface area contributed by atoms with Gasteiger partial charge in [0.25, 0.3) is 0 Å². The molecule has 0 N–H and O–H groups in total. The van der Waals surface area contributed by atoms with Gasteiger partial charge in [0.2, 0.25) is 5.91 Å². The minimum atomic E-state index is 0.0277. The van der Waals surface area contributed by atoms with Crippen molar-refractivity contribution in [3.8, 4) is 0 Å². The van der Waals surface area contributed by atoms with E-state index < -0.39 is 0 Å². The van der Waals surface area contributed by atoms with Crippen LogP contribution in [0.25, 0.3) is 0 Å². The molecule has 0 aromatic carbocycles. The van der Waals surface area contributed by atoms with E-state index in [1.54, 1.807) is 6.92 Å². The average Bonchev–Trinajstić information content (AvgIpc) is 3.19. The van der Waals surface area contributed by atoms with Gasteiger partial charge in [0.15, 0.2) is 0 Å². The van der Waals surface area contributed by atoms with Crippen LogP contribution in [0.1, 0.15) is 106 Å². The van der Waals surface area contributed by atoms with E-state index in [1.807, 2.05) is 51.3 Å². The molecule has 1 saturated heterocycles. The molecule has 1 amide bonds. The van der Waals surface area contributed by atoms with E-state index in [1.165, 1.54) is 0 Å². The third kappa shape index (κ3) is 14.8. The van der Waals surface area contributed by atoms with E-state index in [-0.39, 0.29) is 66.7 Å². The molecule has 214 valence electrons. The maximum Gasteiger partial charge on any atom is 0.222 e. The van der Waals surface area contributed by atoms with Crippen molar-refractivity contribution in [2.45, 2.75) is 137 Å². The topological polar surface area (TPSA) is 93.2 Å². The van der Waals surface area contributed by atoms with Crippen molar-refractivity contribution in [1.82, 2.24) is 9.80 Å². The summed E-state index contributed by atoms with van der Waals surface area (Å²) in [5.41, 5.74) is 0. The standard InChI is InChI=1S/C29H52N2O6/c1-21(2)30(17-26(33)13-9-8-12-24(7)32)18-27(34)14-10-11-15-29(35)31-19-28(37-23(5)6)16-25(31)20-36-22(3)4/h21-23,25,28H,8-20H2,1-7H3/t25-,28-/m0/s1. The van der Waals surface area contributed by atoms with Crippen molar-refractivity contribution in [1.29, 1.82) is 0 Å². The molecule has 0 aromatic rings. The monoisotopic (exact) mass is 524 g/mol. The fourth-order valence-electron chi connectivity index (χ4n) is 4.59. The number of amides is 1. The molecule has 8 nitrogen and oxygen atoms in total. The lowest BCUT2D eigenvalue weighted by Crippen LogP contribution is -2.39. The predicted octanol–water partition coefficient (Wildman–Crippen LogP) is 4.36. The summed E-state index contributed by atoms with van der Waals surface area (Å²) < 4.78 is 11.8. The van der Waals surface area contributed by atoms with Gasteiger partial charge < -0.3 is 19.2 Å². The number of carbonyl (C=O) groups excluding carboxylic acids is 4. The fraction of sp³-hybridized carbons (Fsp3) is 0.862. The van der Waals surface area contributed by atoms with Crippen LogP contribution in [0.5, 0.6) is 0 Å². The van der Waals surface area contributed by atoms with Crippen LogP contribution in [0.3, 0.4) is 0 Å². The molecule has 0 aliphatic carbocycles. The summed E-state index contributed by atoms with van der Waals surface area (Å²) in [5.74, 6) is 0.449. The van der Waals surface area contributed by atoms with Crippen LogP contribution in [-0.2, 0) is 28.7 Å². The summed E-state index contributed by atoms with van der Waals surface area (Å²) in [5, 5.41) is 0. The zero-order valence-electron chi connectivity index (χ0n) is 24.4. The van der Waals surface area contributed by atoms with E-state index in [0.29, 0.717) is 58.1 Å². The number of carbonyl (C=O) groups is 4. The highest BCUT2D eigenvalue weighted by atomic mass is 16.5. The number of unbranched alkanes of at least 4 members (excludes halogenated alkanes) is 2. The van der Waals surface area contributed by atoms with Crippen molar-refractivity contribution in [2.24, 2.45) is 0 Å². The second kappa shape index (κ2) is 17.8. The summed E-state index contributed by atoms with van der Waals surface area (Å²) in [4.78, 5) is 52.8. The van der Waals surface area contributed by atoms with Crippen LogP contribution in [0.15, 0.2) is 0 Å². The van der Waals surface area contributed by atoms with Gasteiger partial charge in [-0.1, -0.05) is 0 Å². The molecule has 0 saturated carbocycles. The van der Waals surface area contributed by atoms with Crippen LogP contribution in [0.4, 0.5) is 0 Å². The second-order valence-corrected chi connectivity index (χ2v) is 11.3. The first kappa shape index (κ1) is 33.4. The van der Waals surface area contributed by atoms with E-state index >= 15 is 0 Å². The first-order valence-electron chi connectivity index (χ1n) is 14.2. The maximum atomic E-state index is 13.0. The highest BCUT2D eigenvalue weighted by molar-refractivity contribution is 5.83. The molecule has 1 rings (SSSR count). The lowest BCUT2D eigenvalue weighted by molar-refractivity contribution is -0.134. The average molecular weight is 525 g/mol. The smallest absolute Gasteiger partial charge is 0.222 e. The molecule has 1 heterocycles. The van der Waals surface area contributed by atoms with Crippen LogP contribution >= 0.6 is 0 Å². The van der Waals surface area contributed by atoms with E-state index in [0.717, 1.165) is 12.8 Å². The zero-order chi connectivity index (χ0) is 28.0. The zero-order valence-corrected chi connectivity index (χ0v) is 24.4. The molecule has 2 atom stereocenters. The highest BCUT2D eigenvalue weighted by Crippen LogP contribution is 2.24. The predicted molar refractivity (Wildman–Crippen MR) is 146 cm³/mol. The van der Waals surface area contributed by atoms with Crippen molar-refractivity contribution in [3.63, 3.8) is 0 Å². The van der Waals surface area contributed by atoms with E-state index in [9.17, 15) is 19.2 Å². The number of likely N-dealkylation sites (tertiary alicyclic amines) is 1. The van der Waals surface area contributed by atoms with Crippen molar-refractivity contribution in [3.05, 3.63) is 0 Å². The molecular formula is C29H52N2O6. The minimum Gasteiger partial charge on any atom is -0.377 e. The summed E-state index contributed by atoms with van der Waals surface area (Å²) in [6, 6.07) is 0.118. The molecular weight excluding hydrogens is 472 g/mol. The lowest BCUT2D eigenvalue weighted by atomic mass is 10.1. The molecule has 1 aliphatic heterocycles. The van der Waals surface area contributed by atoms with Gasteiger partial charge in [-0.25, -0.2) is 0 Å². The van der Waals surface area contributed by atoms with Gasteiger partial charge in [-0.2, -0.15) is 0 Å². The van der Waals surface area contributed by atoms with Gasteiger partial charge in [-0.3, -0.25) is 19.3 Å². The summed E-state index contributed by atoms with van der Waals surface area (Å²) in [7, 11) is 0. The first-order chi connectivity index (χ1) is 17.4. The molecule has 1 aliphatic rings. The lowest BCUT2D eigenvalue weighted by Gasteiger charge is -2.25. The quantitative estimate of drug-likeness (QED) is 0.218. The first-order valence-corrected chi connectivity index (χ1v) is 14.2. The van der Waals surface area contributed by atoms with Crippen LogP contribution in [0.2, 0.25) is 0 Å². The summed E-state index contributed by atoms with van der Waals surface area (Å²) in [6.07, 6.45) is 5.56. The molecule has 0 aromatic heterocycles. The molecule has 8 heteroatoms. The Morgan fingerprint density at radius 2 is 1.35 bits per heavy atom. The Hall–Kier alpha value is -1.64. The summed E-state index contributed by atoms with van der Waals surface area (Å²) >= 11 is 0. The van der Waals surface area contributed by atoms with Gasteiger partial charge in [0, 0.05) is 38.3 Å². The minimum absolute atomic E-state index is 0.0277. The van der Waals surface area contributed by atoms with Gasteiger partial charge >= 0.3 is 0 Å². The Morgan fingerprint density at radius 1 is 0.811 bits per heavy atom. The third-order valence-corrected chi connectivity index (χ3v) is 6.60. The molecule has 0 spiro atoms. The van der Waals surface area contributed by atoms with Crippen molar-refractivity contribution < 1.29 is 28.7 Å². The van der Waals surface area contributed by atoms with Crippen molar-refractivity contribution >= 4 is 23.3 Å². The maximum absolute atomic E-state index is 13.0. The van der Waals surface area contributed by atoms with Gasteiger partial charge in [0.05, 0.1) is 44.1 Å². The Labute approximate surface area is 224 Å². The number of ketones is 3. The number of hydrogen-bond acceptors (Lipinski definition) is 7. The van der Waals surface area contributed by atoms with Gasteiger partial charge in [-0.15, -0.1) is 0 Å². The number of Topliss-reactive ketones (excluding diaryl/α,β-unsaturated/α-hetero) is 3. The van der Waals surface area contributed by atoms with Crippen molar-refractivity contribution in [2.75, 3.05) is 26.2 Å².